The van der Waals surface area contributed by atoms with Crippen molar-refractivity contribution < 1.29 is 14.3 Å². The van der Waals surface area contributed by atoms with E-state index in [1.165, 1.54) is 6.92 Å². The van der Waals surface area contributed by atoms with E-state index >= 15 is 0 Å². The van der Waals surface area contributed by atoms with E-state index in [9.17, 15) is 9.59 Å². The molecule has 0 heterocycles. The van der Waals surface area contributed by atoms with Gasteiger partial charge in [0.15, 0.2) is 5.75 Å². The molecule has 148 valence electrons. The molecule has 0 unspecified atom stereocenters. The van der Waals surface area contributed by atoms with Crippen molar-refractivity contribution in [3.8, 4) is 11.5 Å². The highest BCUT2D eigenvalue weighted by atomic mass is 16.5. The summed E-state index contributed by atoms with van der Waals surface area (Å²) in [5, 5.41) is 2.90. The van der Waals surface area contributed by atoms with Gasteiger partial charge in [-0.3, -0.25) is 9.59 Å². The molecule has 0 atom stereocenters. The Bertz CT molecular complexity index is 986. The highest BCUT2D eigenvalue weighted by Crippen LogP contribution is 2.32. The first kappa shape index (κ1) is 20.1. The highest BCUT2D eigenvalue weighted by Gasteiger charge is 2.18. The Morgan fingerprint density at radius 3 is 2.28 bits per heavy atom. The zero-order valence-electron chi connectivity index (χ0n) is 16.6. The summed E-state index contributed by atoms with van der Waals surface area (Å²) in [6.07, 6.45) is 0.174. The fraction of sp³-hybridized carbons (Fsp3) is 0.167. The first-order chi connectivity index (χ1) is 14.0. The van der Waals surface area contributed by atoms with Crippen molar-refractivity contribution >= 4 is 23.2 Å². The second-order valence-electron chi connectivity index (χ2n) is 6.67. The third-order valence-electron chi connectivity index (χ3n) is 4.49. The number of rotatable bonds is 7. The Morgan fingerprint density at radius 2 is 1.55 bits per heavy atom. The van der Waals surface area contributed by atoms with Crippen molar-refractivity contribution in [1.29, 1.82) is 0 Å². The van der Waals surface area contributed by atoms with Crippen LogP contribution in [0, 0.1) is 6.92 Å². The molecule has 0 aliphatic rings. The van der Waals surface area contributed by atoms with Gasteiger partial charge in [0.25, 0.3) is 0 Å². The lowest BCUT2D eigenvalue weighted by atomic mass is 10.2. The van der Waals surface area contributed by atoms with Crippen LogP contribution in [-0.2, 0) is 9.59 Å². The van der Waals surface area contributed by atoms with E-state index in [1.807, 2.05) is 85.8 Å². The fourth-order valence-corrected chi connectivity index (χ4v) is 2.97. The Kier molecular flexibility index (Phi) is 6.63. The maximum Gasteiger partial charge on any atom is 0.226 e. The highest BCUT2D eigenvalue weighted by molar-refractivity contribution is 5.96. The number of ether oxygens (including phenoxy) is 1. The number of para-hydroxylation sites is 4. The van der Waals surface area contributed by atoms with E-state index in [2.05, 4.69) is 5.32 Å². The van der Waals surface area contributed by atoms with Crippen molar-refractivity contribution in [3.63, 3.8) is 0 Å². The van der Waals surface area contributed by atoms with Crippen LogP contribution in [0.3, 0.4) is 0 Å². The second kappa shape index (κ2) is 9.55. The first-order valence-electron chi connectivity index (χ1n) is 9.50. The molecule has 3 aromatic rings. The number of benzene rings is 3. The summed E-state index contributed by atoms with van der Waals surface area (Å²) in [7, 11) is 0. The minimum absolute atomic E-state index is 0.146. The van der Waals surface area contributed by atoms with E-state index in [0.29, 0.717) is 17.2 Å². The van der Waals surface area contributed by atoms with Gasteiger partial charge in [0.2, 0.25) is 11.8 Å². The van der Waals surface area contributed by atoms with Gasteiger partial charge in [-0.05, 0) is 42.8 Å². The summed E-state index contributed by atoms with van der Waals surface area (Å²) in [6.45, 7) is 3.68. The van der Waals surface area contributed by atoms with Crippen LogP contribution < -0.4 is 15.0 Å². The van der Waals surface area contributed by atoms with Crippen molar-refractivity contribution in [2.45, 2.75) is 20.3 Å². The number of nitrogens with zero attached hydrogens (tertiary/aromatic N) is 1. The topological polar surface area (TPSA) is 58.6 Å². The second-order valence-corrected chi connectivity index (χ2v) is 6.67. The molecule has 1 N–H and O–H groups in total. The van der Waals surface area contributed by atoms with Gasteiger partial charge in [-0.15, -0.1) is 0 Å². The van der Waals surface area contributed by atoms with Gasteiger partial charge in [0.1, 0.15) is 5.75 Å². The van der Waals surface area contributed by atoms with Crippen LogP contribution in [0.2, 0.25) is 0 Å². The smallest absolute Gasteiger partial charge is 0.226 e. The Morgan fingerprint density at radius 1 is 0.897 bits per heavy atom. The molecule has 3 rings (SSSR count). The Labute approximate surface area is 170 Å². The lowest BCUT2D eigenvalue weighted by molar-refractivity contribution is -0.117. The van der Waals surface area contributed by atoms with Crippen LogP contribution in [0.1, 0.15) is 18.9 Å². The third kappa shape index (κ3) is 5.45. The zero-order chi connectivity index (χ0) is 20.6. The molecule has 0 aromatic heterocycles. The molecule has 0 aliphatic carbocycles. The summed E-state index contributed by atoms with van der Waals surface area (Å²) in [5.41, 5.74) is 2.40. The maximum absolute atomic E-state index is 12.4. The van der Waals surface area contributed by atoms with Crippen LogP contribution in [-0.4, -0.2) is 18.4 Å². The van der Waals surface area contributed by atoms with Gasteiger partial charge in [-0.2, -0.15) is 0 Å². The third-order valence-corrected chi connectivity index (χ3v) is 4.49. The van der Waals surface area contributed by atoms with Crippen molar-refractivity contribution in [1.82, 2.24) is 0 Å². The average molecular weight is 388 g/mol. The number of amides is 2. The molecule has 0 saturated carbocycles. The number of carbonyl (C=O) groups excluding carboxylic acids is 2. The predicted molar refractivity (Wildman–Crippen MR) is 115 cm³/mol. The van der Waals surface area contributed by atoms with Gasteiger partial charge < -0.3 is 15.0 Å². The standard InChI is InChI=1S/C24H24N2O3/c1-18-10-6-7-13-21(18)25-24(28)16-17-26(19(2)27)22-14-8-9-15-23(22)29-20-11-4-3-5-12-20/h3-15H,16-17H2,1-2H3,(H,25,28). The molecule has 0 aliphatic heterocycles. The largest absolute Gasteiger partial charge is 0.455 e. The molecule has 29 heavy (non-hydrogen) atoms. The van der Waals surface area contributed by atoms with E-state index in [4.69, 9.17) is 4.74 Å². The maximum atomic E-state index is 12.4. The minimum atomic E-state index is -0.155. The Hall–Kier alpha value is -3.60. The molecule has 0 bridgehead atoms. The number of anilines is 2. The van der Waals surface area contributed by atoms with Gasteiger partial charge in [-0.1, -0.05) is 48.5 Å². The van der Waals surface area contributed by atoms with Crippen LogP contribution in [0.15, 0.2) is 78.9 Å². The van der Waals surface area contributed by atoms with Crippen LogP contribution in [0.25, 0.3) is 0 Å². The van der Waals surface area contributed by atoms with Gasteiger partial charge in [-0.25, -0.2) is 0 Å². The summed E-state index contributed by atoms with van der Waals surface area (Å²) >= 11 is 0. The minimum Gasteiger partial charge on any atom is -0.455 e. The van der Waals surface area contributed by atoms with Crippen LogP contribution >= 0.6 is 0 Å². The fourth-order valence-electron chi connectivity index (χ4n) is 2.97. The summed E-state index contributed by atoms with van der Waals surface area (Å²) in [6, 6.07) is 24.3. The van der Waals surface area contributed by atoms with Crippen molar-refractivity contribution in [2.24, 2.45) is 0 Å². The molecule has 5 nitrogen and oxygen atoms in total. The molecule has 2 amide bonds. The molecule has 5 heteroatoms. The molecular formula is C24H24N2O3. The summed E-state index contributed by atoms with van der Waals surface area (Å²) in [5.74, 6) is 0.943. The van der Waals surface area contributed by atoms with E-state index in [1.54, 1.807) is 4.90 Å². The molecule has 3 aromatic carbocycles. The number of aryl methyl sites for hydroxylation is 1. The zero-order valence-corrected chi connectivity index (χ0v) is 16.6. The number of hydrogen-bond acceptors (Lipinski definition) is 3. The van der Waals surface area contributed by atoms with Crippen molar-refractivity contribution in [3.05, 3.63) is 84.4 Å². The first-order valence-corrected chi connectivity index (χ1v) is 9.50. The lowest BCUT2D eigenvalue weighted by Crippen LogP contribution is -2.32. The van der Waals surface area contributed by atoms with Gasteiger partial charge in [0.05, 0.1) is 5.69 Å². The van der Waals surface area contributed by atoms with E-state index in [-0.39, 0.29) is 24.8 Å². The molecule has 0 spiro atoms. The van der Waals surface area contributed by atoms with Crippen LogP contribution in [0.5, 0.6) is 11.5 Å². The predicted octanol–water partition coefficient (Wildman–Crippen LogP) is 5.17. The molecule has 0 saturated heterocycles. The molecule has 0 radical (unpaired) electrons. The molecule has 0 fully saturated rings. The Balaban J connectivity index is 1.72. The summed E-state index contributed by atoms with van der Waals surface area (Å²) < 4.78 is 5.96. The van der Waals surface area contributed by atoms with Gasteiger partial charge in [0, 0.05) is 25.6 Å². The summed E-state index contributed by atoms with van der Waals surface area (Å²) in [4.78, 5) is 26.3. The quantitative estimate of drug-likeness (QED) is 0.607. The van der Waals surface area contributed by atoms with Crippen LogP contribution in [0.4, 0.5) is 11.4 Å². The number of hydrogen-bond donors (Lipinski definition) is 1. The van der Waals surface area contributed by atoms with E-state index < -0.39 is 0 Å². The lowest BCUT2D eigenvalue weighted by Gasteiger charge is -2.23. The van der Waals surface area contributed by atoms with Crippen molar-refractivity contribution in [2.75, 3.05) is 16.8 Å². The number of carbonyl (C=O) groups is 2. The van der Waals surface area contributed by atoms with Gasteiger partial charge >= 0.3 is 0 Å². The monoisotopic (exact) mass is 388 g/mol. The normalized spacial score (nSPS) is 10.3. The van der Waals surface area contributed by atoms with E-state index in [0.717, 1.165) is 11.3 Å². The average Bonchev–Trinajstić information content (AvgIpc) is 2.71. The SMILES string of the molecule is CC(=O)N(CCC(=O)Nc1ccccc1C)c1ccccc1Oc1ccccc1. The molecular weight excluding hydrogens is 364 g/mol. The number of nitrogens with one attached hydrogen (secondary N) is 1.